The van der Waals surface area contributed by atoms with Gasteiger partial charge in [0.25, 0.3) is 5.91 Å². The van der Waals surface area contributed by atoms with E-state index >= 15 is 0 Å². The van der Waals surface area contributed by atoms with Crippen LogP contribution in [0.2, 0.25) is 0 Å². The van der Waals surface area contributed by atoms with Gasteiger partial charge in [-0.1, -0.05) is 32.4 Å². The van der Waals surface area contributed by atoms with Crippen LogP contribution in [0.15, 0.2) is 30.0 Å². The highest BCUT2D eigenvalue weighted by Crippen LogP contribution is 2.67. The molecule has 1 unspecified atom stereocenters. The summed E-state index contributed by atoms with van der Waals surface area (Å²) < 4.78 is 6.16. The van der Waals surface area contributed by atoms with Crippen molar-refractivity contribution >= 4 is 5.91 Å². The van der Waals surface area contributed by atoms with Crippen LogP contribution in [0, 0.1) is 40.4 Å². The molecule has 1 amide bonds. The van der Waals surface area contributed by atoms with E-state index in [0.29, 0.717) is 40.7 Å². The molecule has 0 aliphatic heterocycles. The number of aliphatic hydroxyl groups is 1. The molecule has 8 atom stereocenters. The van der Waals surface area contributed by atoms with Crippen LogP contribution in [0.5, 0.6) is 5.88 Å². The Balaban J connectivity index is 1.30. The molecular formula is C29H42N2O3. The first-order valence-corrected chi connectivity index (χ1v) is 13.5. The molecule has 2 N–H and O–H groups in total. The lowest BCUT2D eigenvalue weighted by atomic mass is 9.47. The summed E-state index contributed by atoms with van der Waals surface area (Å²) >= 11 is 0. The molecule has 186 valence electrons. The number of aromatic nitrogens is 1. The van der Waals surface area contributed by atoms with Crippen molar-refractivity contribution in [2.45, 2.75) is 78.2 Å². The monoisotopic (exact) mass is 466 g/mol. The molecule has 5 nitrogen and oxygen atoms in total. The fraction of sp³-hybridized carbons (Fsp3) is 0.724. The van der Waals surface area contributed by atoms with Crippen molar-refractivity contribution in [2.75, 3.05) is 13.7 Å². The Morgan fingerprint density at radius 2 is 2.06 bits per heavy atom. The molecule has 5 heteroatoms. The Labute approximate surface area is 204 Å². The van der Waals surface area contributed by atoms with E-state index in [1.54, 1.807) is 31.0 Å². The summed E-state index contributed by atoms with van der Waals surface area (Å²) in [6.45, 7) is 7.99. The zero-order valence-corrected chi connectivity index (χ0v) is 21.3. The SMILES string of the molecule is CNC(=O)c1cccnc1OCC(C)[C@H]1CC[C@H]2[C@@H]3CC=C4C[C@@H](O)CC[C@]4(C)[C@H]3CC[C@]12C. The lowest BCUT2D eigenvalue weighted by molar-refractivity contribution is -0.0592. The van der Waals surface area contributed by atoms with E-state index in [1.165, 1.54) is 32.1 Å². The Morgan fingerprint density at radius 1 is 1.24 bits per heavy atom. The van der Waals surface area contributed by atoms with Crippen molar-refractivity contribution in [3.05, 3.63) is 35.5 Å². The van der Waals surface area contributed by atoms with Gasteiger partial charge in [0, 0.05) is 13.2 Å². The van der Waals surface area contributed by atoms with Gasteiger partial charge < -0.3 is 15.2 Å². The van der Waals surface area contributed by atoms with Gasteiger partial charge in [0.1, 0.15) is 5.56 Å². The van der Waals surface area contributed by atoms with Crippen LogP contribution in [-0.4, -0.2) is 35.8 Å². The third-order valence-electron chi connectivity index (χ3n) is 10.6. The van der Waals surface area contributed by atoms with Gasteiger partial charge in [0.05, 0.1) is 12.7 Å². The zero-order valence-electron chi connectivity index (χ0n) is 21.3. The molecule has 0 saturated heterocycles. The lowest BCUT2D eigenvalue weighted by Crippen LogP contribution is -2.51. The van der Waals surface area contributed by atoms with Crippen LogP contribution in [0.25, 0.3) is 0 Å². The zero-order chi connectivity index (χ0) is 24.1. The van der Waals surface area contributed by atoms with Gasteiger partial charge in [-0.2, -0.15) is 0 Å². The van der Waals surface area contributed by atoms with E-state index in [9.17, 15) is 9.90 Å². The maximum Gasteiger partial charge on any atom is 0.256 e. The van der Waals surface area contributed by atoms with E-state index in [0.717, 1.165) is 37.0 Å². The Kier molecular flexibility index (Phi) is 6.29. The highest BCUT2D eigenvalue weighted by atomic mass is 16.5. The van der Waals surface area contributed by atoms with Crippen molar-refractivity contribution in [1.29, 1.82) is 0 Å². The van der Waals surface area contributed by atoms with E-state index in [2.05, 4.69) is 37.1 Å². The molecule has 4 aliphatic carbocycles. The number of aliphatic hydroxyl groups excluding tert-OH is 1. The van der Waals surface area contributed by atoms with Crippen LogP contribution >= 0.6 is 0 Å². The normalized spacial score (nSPS) is 39.8. The summed E-state index contributed by atoms with van der Waals surface area (Å²) in [6, 6.07) is 3.55. The topological polar surface area (TPSA) is 71.5 Å². The quantitative estimate of drug-likeness (QED) is 0.570. The number of rotatable bonds is 5. The average molecular weight is 467 g/mol. The third kappa shape index (κ3) is 3.79. The van der Waals surface area contributed by atoms with Crippen molar-refractivity contribution in [3.63, 3.8) is 0 Å². The first kappa shape index (κ1) is 23.8. The number of carbonyl (C=O) groups is 1. The van der Waals surface area contributed by atoms with Gasteiger partial charge >= 0.3 is 0 Å². The number of nitrogens with one attached hydrogen (secondary N) is 1. The maximum absolute atomic E-state index is 12.2. The molecule has 0 aromatic carbocycles. The molecule has 0 radical (unpaired) electrons. The lowest BCUT2D eigenvalue weighted by Gasteiger charge is -2.58. The second-order valence-electron chi connectivity index (χ2n) is 12.1. The first-order chi connectivity index (χ1) is 16.3. The largest absolute Gasteiger partial charge is 0.477 e. The smallest absolute Gasteiger partial charge is 0.256 e. The summed E-state index contributed by atoms with van der Waals surface area (Å²) in [7, 11) is 1.64. The predicted molar refractivity (Wildman–Crippen MR) is 133 cm³/mol. The number of fused-ring (bicyclic) bond motifs is 5. The molecular weight excluding hydrogens is 424 g/mol. The minimum atomic E-state index is -0.157. The standard InChI is InChI=1S/C29H42N2O3/c1-18(17-34-27-22(26(33)30-4)6-5-15-31-27)23-9-10-24-21-8-7-19-16-20(32)11-13-28(19,2)25(21)12-14-29(23,24)3/h5-7,15,18,20-21,23-25,32H,8-14,16-17H2,1-4H3,(H,30,33)/t18?,20-,21-,23+,24-,25-,28-,29+/m0/s1. The van der Waals surface area contributed by atoms with Gasteiger partial charge in [-0.15, -0.1) is 0 Å². The maximum atomic E-state index is 12.2. The van der Waals surface area contributed by atoms with Crippen molar-refractivity contribution in [2.24, 2.45) is 40.4 Å². The van der Waals surface area contributed by atoms with Gasteiger partial charge in [0.2, 0.25) is 5.88 Å². The van der Waals surface area contributed by atoms with E-state index in [1.807, 2.05) is 0 Å². The molecule has 0 bridgehead atoms. The molecule has 0 spiro atoms. The summed E-state index contributed by atoms with van der Waals surface area (Å²) in [5, 5.41) is 12.9. The van der Waals surface area contributed by atoms with Crippen molar-refractivity contribution in [1.82, 2.24) is 10.3 Å². The Bertz CT molecular complexity index is 960. The summed E-state index contributed by atoms with van der Waals surface area (Å²) in [6.07, 6.45) is 13.5. The van der Waals surface area contributed by atoms with Crippen LogP contribution in [0.4, 0.5) is 0 Å². The number of nitrogens with zero attached hydrogens (tertiary/aromatic N) is 1. The fourth-order valence-electron chi connectivity index (χ4n) is 8.76. The molecule has 3 saturated carbocycles. The third-order valence-corrected chi connectivity index (χ3v) is 10.6. The number of pyridine rings is 1. The summed E-state index contributed by atoms with van der Waals surface area (Å²) in [4.78, 5) is 16.5. The molecule has 1 heterocycles. The molecule has 5 rings (SSSR count). The second-order valence-corrected chi connectivity index (χ2v) is 12.1. The number of ether oxygens (including phenoxy) is 1. The predicted octanol–water partition coefficient (Wildman–Crippen LogP) is 5.40. The minimum absolute atomic E-state index is 0.135. The van der Waals surface area contributed by atoms with E-state index < -0.39 is 0 Å². The first-order valence-electron chi connectivity index (χ1n) is 13.5. The van der Waals surface area contributed by atoms with Crippen LogP contribution < -0.4 is 10.1 Å². The highest BCUT2D eigenvalue weighted by Gasteiger charge is 2.59. The fourth-order valence-corrected chi connectivity index (χ4v) is 8.76. The van der Waals surface area contributed by atoms with E-state index in [4.69, 9.17) is 4.74 Å². The molecule has 34 heavy (non-hydrogen) atoms. The van der Waals surface area contributed by atoms with E-state index in [-0.39, 0.29) is 12.0 Å². The summed E-state index contributed by atoms with van der Waals surface area (Å²) in [5.41, 5.74) is 2.71. The van der Waals surface area contributed by atoms with Gasteiger partial charge in [-0.05, 0) is 104 Å². The number of hydrogen-bond acceptors (Lipinski definition) is 4. The highest BCUT2D eigenvalue weighted by molar-refractivity contribution is 5.96. The van der Waals surface area contributed by atoms with Crippen LogP contribution in [0.1, 0.15) is 82.5 Å². The molecule has 1 aromatic heterocycles. The van der Waals surface area contributed by atoms with Crippen LogP contribution in [-0.2, 0) is 0 Å². The van der Waals surface area contributed by atoms with Crippen molar-refractivity contribution in [3.8, 4) is 5.88 Å². The van der Waals surface area contributed by atoms with Gasteiger partial charge in [-0.25, -0.2) is 4.98 Å². The van der Waals surface area contributed by atoms with Gasteiger partial charge in [-0.3, -0.25) is 4.79 Å². The average Bonchev–Trinajstić information content (AvgIpc) is 3.20. The molecule has 1 aromatic rings. The Hall–Kier alpha value is -1.88. The van der Waals surface area contributed by atoms with Gasteiger partial charge in [0.15, 0.2) is 0 Å². The van der Waals surface area contributed by atoms with Crippen molar-refractivity contribution < 1.29 is 14.6 Å². The van der Waals surface area contributed by atoms with Crippen LogP contribution in [0.3, 0.4) is 0 Å². The number of allylic oxidation sites excluding steroid dienone is 1. The second kappa shape index (κ2) is 8.96. The molecule has 4 aliphatic rings. The number of carbonyl (C=O) groups excluding carboxylic acids is 1. The Morgan fingerprint density at radius 3 is 2.85 bits per heavy atom. The number of amides is 1. The minimum Gasteiger partial charge on any atom is -0.477 e. The number of hydrogen-bond donors (Lipinski definition) is 2. The molecule has 3 fully saturated rings. The summed E-state index contributed by atoms with van der Waals surface area (Å²) in [5.74, 6) is 3.66.